The quantitative estimate of drug-likeness (QED) is 0.811. The number of ether oxygens (including phenoxy) is 1. The second-order valence-electron chi connectivity index (χ2n) is 4.08. The standard InChI is InChI=1S/C14H19N3O/c1-2-15-11-13-4-3-5-14(10-13)18-9-8-17-7-6-16-12-17/h3-7,10,12,15H,2,8-9,11H2,1H3. The van der Waals surface area contributed by atoms with Gasteiger partial charge in [0.25, 0.3) is 0 Å². The van der Waals surface area contributed by atoms with Crippen LogP contribution in [0.15, 0.2) is 43.0 Å². The van der Waals surface area contributed by atoms with E-state index < -0.39 is 0 Å². The highest BCUT2D eigenvalue weighted by Crippen LogP contribution is 2.13. The van der Waals surface area contributed by atoms with Gasteiger partial charge in [0, 0.05) is 18.9 Å². The molecular formula is C14H19N3O. The molecule has 1 N–H and O–H groups in total. The smallest absolute Gasteiger partial charge is 0.119 e. The van der Waals surface area contributed by atoms with E-state index in [0.29, 0.717) is 6.61 Å². The average Bonchev–Trinajstić information content (AvgIpc) is 2.90. The van der Waals surface area contributed by atoms with E-state index in [2.05, 4.69) is 29.4 Å². The summed E-state index contributed by atoms with van der Waals surface area (Å²) in [4.78, 5) is 3.99. The summed E-state index contributed by atoms with van der Waals surface area (Å²) in [6.07, 6.45) is 5.51. The van der Waals surface area contributed by atoms with E-state index in [1.807, 2.05) is 22.9 Å². The molecule has 4 nitrogen and oxygen atoms in total. The van der Waals surface area contributed by atoms with Gasteiger partial charge in [-0.05, 0) is 24.2 Å². The Hall–Kier alpha value is -1.81. The van der Waals surface area contributed by atoms with Gasteiger partial charge in [0.15, 0.2) is 0 Å². The molecule has 0 amide bonds. The van der Waals surface area contributed by atoms with Crippen molar-refractivity contribution in [1.29, 1.82) is 0 Å². The Kier molecular flexibility index (Phi) is 4.78. The molecule has 0 atom stereocenters. The highest BCUT2D eigenvalue weighted by Gasteiger charge is 1.97. The molecule has 0 spiro atoms. The highest BCUT2D eigenvalue weighted by atomic mass is 16.5. The highest BCUT2D eigenvalue weighted by molar-refractivity contribution is 5.28. The zero-order valence-electron chi connectivity index (χ0n) is 10.7. The molecule has 0 aliphatic heterocycles. The Morgan fingerprint density at radius 1 is 1.39 bits per heavy atom. The van der Waals surface area contributed by atoms with Gasteiger partial charge in [-0.25, -0.2) is 4.98 Å². The number of nitrogens with zero attached hydrogens (tertiary/aromatic N) is 2. The summed E-state index contributed by atoms with van der Waals surface area (Å²) in [7, 11) is 0. The maximum Gasteiger partial charge on any atom is 0.119 e. The van der Waals surface area contributed by atoms with E-state index in [0.717, 1.165) is 25.4 Å². The largest absolute Gasteiger partial charge is 0.492 e. The summed E-state index contributed by atoms with van der Waals surface area (Å²) in [5.41, 5.74) is 1.25. The molecule has 2 rings (SSSR count). The Morgan fingerprint density at radius 2 is 2.33 bits per heavy atom. The second-order valence-corrected chi connectivity index (χ2v) is 4.08. The number of rotatable bonds is 7. The van der Waals surface area contributed by atoms with Crippen molar-refractivity contribution in [3.05, 3.63) is 48.5 Å². The van der Waals surface area contributed by atoms with E-state index >= 15 is 0 Å². The molecule has 18 heavy (non-hydrogen) atoms. The van der Waals surface area contributed by atoms with E-state index in [1.165, 1.54) is 5.56 Å². The third kappa shape index (κ3) is 3.89. The molecule has 0 saturated carbocycles. The van der Waals surface area contributed by atoms with Gasteiger partial charge in [0.05, 0.1) is 12.9 Å². The van der Waals surface area contributed by atoms with Crippen LogP contribution in [0, 0.1) is 0 Å². The summed E-state index contributed by atoms with van der Waals surface area (Å²) in [5, 5.41) is 3.30. The first-order valence-corrected chi connectivity index (χ1v) is 6.26. The van der Waals surface area contributed by atoms with Gasteiger partial charge in [0.1, 0.15) is 12.4 Å². The number of hydrogen-bond acceptors (Lipinski definition) is 3. The van der Waals surface area contributed by atoms with Crippen molar-refractivity contribution in [3.63, 3.8) is 0 Å². The molecule has 0 bridgehead atoms. The minimum absolute atomic E-state index is 0.654. The SMILES string of the molecule is CCNCc1cccc(OCCn2ccnc2)c1. The van der Waals surface area contributed by atoms with Gasteiger partial charge in [-0.2, -0.15) is 0 Å². The van der Waals surface area contributed by atoms with Gasteiger partial charge in [-0.1, -0.05) is 19.1 Å². The van der Waals surface area contributed by atoms with Gasteiger partial charge in [0.2, 0.25) is 0 Å². The molecule has 1 heterocycles. The van der Waals surface area contributed by atoms with E-state index in [1.54, 1.807) is 12.5 Å². The van der Waals surface area contributed by atoms with Crippen LogP contribution in [0.25, 0.3) is 0 Å². The first-order chi connectivity index (χ1) is 8.88. The molecule has 2 aromatic rings. The molecule has 1 aromatic heterocycles. The van der Waals surface area contributed by atoms with Crippen LogP contribution in [0.5, 0.6) is 5.75 Å². The maximum atomic E-state index is 5.72. The molecule has 0 saturated heterocycles. The fourth-order valence-corrected chi connectivity index (χ4v) is 1.70. The Bertz CT molecular complexity index is 454. The number of hydrogen-bond donors (Lipinski definition) is 1. The van der Waals surface area contributed by atoms with Crippen LogP contribution in [-0.2, 0) is 13.1 Å². The summed E-state index contributed by atoms with van der Waals surface area (Å²) in [6.45, 7) is 5.44. The Labute approximate surface area is 108 Å². The lowest BCUT2D eigenvalue weighted by atomic mass is 10.2. The maximum absolute atomic E-state index is 5.72. The predicted octanol–water partition coefficient (Wildman–Crippen LogP) is 2.07. The van der Waals surface area contributed by atoms with Crippen molar-refractivity contribution in [3.8, 4) is 5.75 Å². The zero-order valence-corrected chi connectivity index (χ0v) is 10.7. The fraction of sp³-hybridized carbons (Fsp3) is 0.357. The fourth-order valence-electron chi connectivity index (χ4n) is 1.70. The molecule has 4 heteroatoms. The zero-order chi connectivity index (χ0) is 12.6. The van der Waals surface area contributed by atoms with Crippen LogP contribution in [-0.4, -0.2) is 22.7 Å². The summed E-state index contributed by atoms with van der Waals surface area (Å²) >= 11 is 0. The van der Waals surface area contributed by atoms with Gasteiger partial charge in [-0.15, -0.1) is 0 Å². The molecule has 0 fully saturated rings. The van der Waals surface area contributed by atoms with Crippen LogP contribution < -0.4 is 10.1 Å². The van der Waals surface area contributed by atoms with Crippen molar-refractivity contribution in [2.45, 2.75) is 20.0 Å². The van der Waals surface area contributed by atoms with Gasteiger partial charge in [-0.3, -0.25) is 0 Å². The topological polar surface area (TPSA) is 39.1 Å². The molecule has 0 radical (unpaired) electrons. The van der Waals surface area contributed by atoms with Crippen LogP contribution in [0.3, 0.4) is 0 Å². The van der Waals surface area contributed by atoms with E-state index in [-0.39, 0.29) is 0 Å². The van der Waals surface area contributed by atoms with Gasteiger partial charge < -0.3 is 14.6 Å². The number of benzene rings is 1. The van der Waals surface area contributed by atoms with Crippen molar-refractivity contribution in [2.24, 2.45) is 0 Å². The number of nitrogens with one attached hydrogen (secondary N) is 1. The van der Waals surface area contributed by atoms with Crippen LogP contribution in [0.1, 0.15) is 12.5 Å². The van der Waals surface area contributed by atoms with Crippen LogP contribution in [0.2, 0.25) is 0 Å². The summed E-state index contributed by atoms with van der Waals surface area (Å²) < 4.78 is 7.73. The van der Waals surface area contributed by atoms with Crippen molar-refractivity contribution in [2.75, 3.05) is 13.2 Å². The third-order valence-electron chi connectivity index (χ3n) is 2.65. The first-order valence-electron chi connectivity index (χ1n) is 6.26. The first kappa shape index (κ1) is 12.6. The number of imidazole rings is 1. The monoisotopic (exact) mass is 245 g/mol. The minimum Gasteiger partial charge on any atom is -0.492 e. The van der Waals surface area contributed by atoms with Crippen LogP contribution in [0.4, 0.5) is 0 Å². The van der Waals surface area contributed by atoms with Crippen molar-refractivity contribution < 1.29 is 4.74 Å². The lowest BCUT2D eigenvalue weighted by Crippen LogP contribution is -2.12. The summed E-state index contributed by atoms with van der Waals surface area (Å²) in [5.74, 6) is 0.922. The molecule has 96 valence electrons. The van der Waals surface area contributed by atoms with E-state index in [4.69, 9.17) is 4.74 Å². The minimum atomic E-state index is 0.654. The summed E-state index contributed by atoms with van der Waals surface area (Å²) in [6, 6.07) is 8.20. The van der Waals surface area contributed by atoms with Crippen LogP contribution >= 0.6 is 0 Å². The van der Waals surface area contributed by atoms with E-state index in [9.17, 15) is 0 Å². The van der Waals surface area contributed by atoms with Crippen molar-refractivity contribution >= 4 is 0 Å². The lowest BCUT2D eigenvalue weighted by Gasteiger charge is -2.08. The third-order valence-corrected chi connectivity index (χ3v) is 2.65. The number of aromatic nitrogens is 2. The lowest BCUT2D eigenvalue weighted by molar-refractivity contribution is 0.298. The molecular weight excluding hydrogens is 226 g/mol. The van der Waals surface area contributed by atoms with Gasteiger partial charge >= 0.3 is 0 Å². The molecule has 0 aliphatic carbocycles. The van der Waals surface area contributed by atoms with Crippen molar-refractivity contribution in [1.82, 2.24) is 14.9 Å². The second kappa shape index (κ2) is 6.81. The average molecular weight is 245 g/mol. The normalized spacial score (nSPS) is 10.5. The Morgan fingerprint density at radius 3 is 3.11 bits per heavy atom. The molecule has 0 aliphatic rings. The predicted molar refractivity (Wildman–Crippen MR) is 71.5 cm³/mol. The Balaban J connectivity index is 1.81. The molecule has 1 aromatic carbocycles. The molecule has 0 unspecified atom stereocenters.